The number of rotatable bonds is 6. The second kappa shape index (κ2) is 7.40. The van der Waals surface area contributed by atoms with E-state index in [1.165, 1.54) is 11.8 Å². The van der Waals surface area contributed by atoms with E-state index in [1.54, 1.807) is 29.5 Å². The summed E-state index contributed by atoms with van der Waals surface area (Å²) in [6, 6.07) is 8.77. The normalized spacial score (nSPS) is 19.2. The summed E-state index contributed by atoms with van der Waals surface area (Å²) in [5.41, 5.74) is 0. The Balaban J connectivity index is 1.70. The van der Waals surface area contributed by atoms with Crippen LogP contribution in [0.3, 0.4) is 0 Å². The molecule has 0 aliphatic carbocycles. The van der Waals surface area contributed by atoms with Crippen molar-refractivity contribution in [1.29, 1.82) is 0 Å². The first-order valence-corrected chi connectivity index (χ1v) is 10.4. The van der Waals surface area contributed by atoms with Gasteiger partial charge in [0.15, 0.2) is 9.84 Å². The lowest BCUT2D eigenvalue weighted by atomic mass is 10.2. The molecule has 0 bridgehead atoms. The van der Waals surface area contributed by atoms with Crippen molar-refractivity contribution in [3.8, 4) is 0 Å². The maximum Gasteiger partial charge on any atom is 0.233 e. The Hall–Kier alpha value is -1.80. The van der Waals surface area contributed by atoms with E-state index in [0.717, 1.165) is 5.03 Å². The van der Waals surface area contributed by atoms with Gasteiger partial charge in [-0.3, -0.25) is 4.79 Å². The van der Waals surface area contributed by atoms with Crippen molar-refractivity contribution in [3.05, 3.63) is 48.6 Å². The SMILES string of the molecule is O=C(CSc1ccccn1)N(Cc1ccco1)[C@H]1CCS(=O)(=O)C1. The van der Waals surface area contributed by atoms with Gasteiger partial charge in [0, 0.05) is 12.2 Å². The maximum absolute atomic E-state index is 12.7. The molecule has 1 amide bonds. The number of amides is 1. The van der Waals surface area contributed by atoms with E-state index in [-0.39, 0.29) is 35.8 Å². The molecule has 0 spiro atoms. The molecule has 1 fully saturated rings. The van der Waals surface area contributed by atoms with Crippen molar-refractivity contribution in [2.75, 3.05) is 17.3 Å². The van der Waals surface area contributed by atoms with Gasteiger partial charge in [-0.05, 0) is 30.7 Å². The number of furan rings is 1. The minimum atomic E-state index is -3.06. The summed E-state index contributed by atoms with van der Waals surface area (Å²) in [5.74, 6) is 0.911. The molecule has 0 unspecified atom stereocenters. The average molecular weight is 366 g/mol. The Bertz CT molecular complexity index is 776. The molecule has 1 aliphatic rings. The van der Waals surface area contributed by atoms with Gasteiger partial charge in [0.25, 0.3) is 0 Å². The summed E-state index contributed by atoms with van der Waals surface area (Å²) in [4.78, 5) is 18.5. The second-order valence-electron chi connectivity index (χ2n) is 5.61. The number of thioether (sulfide) groups is 1. The predicted octanol–water partition coefficient (Wildman–Crippen LogP) is 1.98. The highest BCUT2D eigenvalue weighted by Gasteiger charge is 2.35. The van der Waals surface area contributed by atoms with Crippen LogP contribution >= 0.6 is 11.8 Å². The third-order valence-corrected chi connectivity index (χ3v) is 6.54. The maximum atomic E-state index is 12.7. The van der Waals surface area contributed by atoms with Crippen LogP contribution in [0.2, 0.25) is 0 Å². The lowest BCUT2D eigenvalue weighted by Crippen LogP contribution is -2.41. The van der Waals surface area contributed by atoms with Gasteiger partial charge >= 0.3 is 0 Å². The molecule has 6 nitrogen and oxygen atoms in total. The first-order chi connectivity index (χ1) is 11.5. The number of carbonyl (C=O) groups excluding carboxylic acids is 1. The zero-order valence-corrected chi connectivity index (χ0v) is 14.6. The molecule has 1 aliphatic heterocycles. The van der Waals surface area contributed by atoms with Crippen LogP contribution in [0.1, 0.15) is 12.2 Å². The van der Waals surface area contributed by atoms with Crippen LogP contribution in [-0.4, -0.2) is 47.5 Å². The van der Waals surface area contributed by atoms with Crippen LogP contribution in [0.4, 0.5) is 0 Å². The van der Waals surface area contributed by atoms with E-state index in [2.05, 4.69) is 4.98 Å². The lowest BCUT2D eigenvalue weighted by molar-refractivity contribution is -0.131. The fourth-order valence-corrected chi connectivity index (χ4v) is 5.14. The molecule has 0 saturated carbocycles. The van der Waals surface area contributed by atoms with Crippen LogP contribution in [0, 0.1) is 0 Å². The molecule has 2 aromatic rings. The van der Waals surface area contributed by atoms with E-state index in [9.17, 15) is 13.2 Å². The first kappa shape index (κ1) is 17.0. The number of hydrogen-bond acceptors (Lipinski definition) is 6. The smallest absolute Gasteiger partial charge is 0.233 e. The van der Waals surface area contributed by atoms with Gasteiger partial charge in [0.05, 0.1) is 35.1 Å². The molecule has 24 heavy (non-hydrogen) atoms. The number of carbonyl (C=O) groups is 1. The molecule has 3 rings (SSSR count). The summed E-state index contributed by atoms with van der Waals surface area (Å²) >= 11 is 1.35. The van der Waals surface area contributed by atoms with Crippen molar-refractivity contribution < 1.29 is 17.6 Å². The molecule has 1 saturated heterocycles. The summed E-state index contributed by atoms with van der Waals surface area (Å²) < 4.78 is 28.9. The minimum absolute atomic E-state index is 0.0215. The summed E-state index contributed by atoms with van der Waals surface area (Å²) in [5, 5.41) is 0.767. The topological polar surface area (TPSA) is 80.5 Å². The summed E-state index contributed by atoms with van der Waals surface area (Å²) in [6.07, 6.45) is 3.70. The van der Waals surface area contributed by atoms with Crippen LogP contribution in [-0.2, 0) is 21.2 Å². The molecule has 0 N–H and O–H groups in total. The number of pyridine rings is 1. The van der Waals surface area contributed by atoms with Crippen molar-refractivity contribution in [2.45, 2.75) is 24.0 Å². The molecular formula is C16H18N2O4S2. The van der Waals surface area contributed by atoms with Gasteiger partial charge in [-0.15, -0.1) is 0 Å². The van der Waals surface area contributed by atoms with Crippen molar-refractivity contribution >= 4 is 27.5 Å². The Morgan fingerprint density at radius 3 is 2.83 bits per heavy atom. The van der Waals surface area contributed by atoms with Crippen LogP contribution in [0.15, 0.2) is 52.2 Å². The van der Waals surface area contributed by atoms with E-state index in [1.807, 2.05) is 18.2 Å². The van der Waals surface area contributed by atoms with Crippen molar-refractivity contribution in [3.63, 3.8) is 0 Å². The summed E-state index contributed by atoms with van der Waals surface area (Å²) in [7, 11) is -3.06. The second-order valence-corrected chi connectivity index (χ2v) is 8.84. The third kappa shape index (κ3) is 4.39. The fraction of sp³-hybridized carbons (Fsp3) is 0.375. The Kier molecular flexibility index (Phi) is 5.25. The molecule has 128 valence electrons. The van der Waals surface area contributed by atoms with Crippen LogP contribution < -0.4 is 0 Å². The van der Waals surface area contributed by atoms with Crippen molar-refractivity contribution in [2.24, 2.45) is 0 Å². The van der Waals surface area contributed by atoms with Gasteiger partial charge in [-0.1, -0.05) is 17.8 Å². The predicted molar refractivity (Wildman–Crippen MR) is 91.3 cm³/mol. The van der Waals surface area contributed by atoms with Crippen molar-refractivity contribution in [1.82, 2.24) is 9.88 Å². The van der Waals surface area contributed by atoms with Crippen LogP contribution in [0.25, 0.3) is 0 Å². The standard InChI is InChI=1S/C16H18N2O4S2/c19-16(11-23-15-5-1-2-7-17-15)18(10-14-4-3-8-22-14)13-6-9-24(20,21)12-13/h1-5,7-8,13H,6,9-12H2/t13-/m0/s1. The monoisotopic (exact) mass is 366 g/mol. The summed E-state index contributed by atoms with van der Waals surface area (Å²) in [6.45, 7) is 0.287. The van der Waals surface area contributed by atoms with E-state index < -0.39 is 9.84 Å². The van der Waals surface area contributed by atoms with E-state index in [0.29, 0.717) is 12.2 Å². The Morgan fingerprint density at radius 2 is 2.21 bits per heavy atom. The van der Waals surface area contributed by atoms with Gasteiger partial charge in [0.1, 0.15) is 5.76 Å². The highest BCUT2D eigenvalue weighted by atomic mass is 32.2. The first-order valence-electron chi connectivity index (χ1n) is 7.59. The highest BCUT2D eigenvalue weighted by molar-refractivity contribution is 7.99. The van der Waals surface area contributed by atoms with Gasteiger partial charge in [-0.2, -0.15) is 0 Å². The van der Waals surface area contributed by atoms with Crippen LogP contribution in [0.5, 0.6) is 0 Å². The number of nitrogens with zero attached hydrogens (tertiary/aromatic N) is 2. The Morgan fingerprint density at radius 1 is 1.33 bits per heavy atom. The molecule has 2 aromatic heterocycles. The molecule has 3 heterocycles. The third-order valence-electron chi connectivity index (χ3n) is 3.86. The zero-order valence-electron chi connectivity index (χ0n) is 13.0. The van der Waals surface area contributed by atoms with Gasteiger partial charge < -0.3 is 9.32 Å². The highest BCUT2D eigenvalue weighted by Crippen LogP contribution is 2.23. The van der Waals surface area contributed by atoms with Gasteiger partial charge in [-0.25, -0.2) is 13.4 Å². The lowest BCUT2D eigenvalue weighted by Gasteiger charge is -2.27. The molecule has 0 aromatic carbocycles. The zero-order chi connectivity index (χ0) is 17.0. The minimum Gasteiger partial charge on any atom is -0.467 e. The molecule has 1 atom stereocenters. The van der Waals surface area contributed by atoms with Gasteiger partial charge in [0.2, 0.25) is 5.91 Å². The molecular weight excluding hydrogens is 348 g/mol. The number of hydrogen-bond donors (Lipinski definition) is 0. The Labute approximate surface area is 145 Å². The fourth-order valence-electron chi connectivity index (χ4n) is 2.66. The number of sulfone groups is 1. The number of aromatic nitrogens is 1. The average Bonchev–Trinajstić information content (AvgIpc) is 3.20. The largest absolute Gasteiger partial charge is 0.467 e. The molecule has 8 heteroatoms. The quantitative estimate of drug-likeness (QED) is 0.727. The van der Waals surface area contributed by atoms with E-state index in [4.69, 9.17) is 4.42 Å². The van der Waals surface area contributed by atoms with E-state index >= 15 is 0 Å². The molecule has 0 radical (unpaired) electrons.